The molecule has 0 fully saturated rings. The van der Waals surface area contributed by atoms with Crippen molar-refractivity contribution in [2.75, 3.05) is 19.5 Å². The molecule has 0 aliphatic rings. The lowest BCUT2D eigenvalue weighted by atomic mass is 10.1. The lowest BCUT2D eigenvalue weighted by molar-refractivity contribution is -0.119. The molecule has 2 aromatic carbocycles. The Balaban J connectivity index is 1.85. The maximum Gasteiger partial charge on any atom is 0.266 e. The number of methoxy groups -OCH3 is 1. The van der Waals surface area contributed by atoms with Gasteiger partial charge in [-0.2, -0.15) is 0 Å². The Kier molecular flexibility index (Phi) is 5.83. The maximum atomic E-state index is 14.2. The van der Waals surface area contributed by atoms with E-state index in [1.807, 2.05) is 0 Å². The SMILES string of the molecule is CNC(=O)Cc1ccc(NC(=O)c2sc3cccc(F)c3c2COC)cc1. The lowest BCUT2D eigenvalue weighted by Crippen LogP contribution is -2.19. The van der Waals surface area contributed by atoms with Crippen molar-refractivity contribution >= 4 is 38.9 Å². The number of amides is 2. The van der Waals surface area contributed by atoms with Gasteiger partial charge >= 0.3 is 0 Å². The molecular weight excluding hydrogens is 367 g/mol. The van der Waals surface area contributed by atoms with Crippen LogP contribution in [0.4, 0.5) is 10.1 Å². The summed E-state index contributed by atoms with van der Waals surface area (Å²) in [5.41, 5.74) is 1.99. The lowest BCUT2D eigenvalue weighted by Gasteiger charge is -2.07. The van der Waals surface area contributed by atoms with E-state index in [0.29, 0.717) is 26.2 Å². The summed E-state index contributed by atoms with van der Waals surface area (Å²) in [5, 5.41) is 5.82. The minimum atomic E-state index is -0.367. The molecule has 5 nitrogen and oxygen atoms in total. The van der Waals surface area contributed by atoms with Crippen LogP contribution in [-0.2, 0) is 22.6 Å². The molecule has 0 unspecified atom stereocenters. The van der Waals surface area contributed by atoms with Gasteiger partial charge in [-0.1, -0.05) is 18.2 Å². The highest BCUT2D eigenvalue weighted by Crippen LogP contribution is 2.34. The molecule has 1 heterocycles. The molecule has 2 N–H and O–H groups in total. The number of halogens is 1. The molecule has 0 atom stereocenters. The fourth-order valence-corrected chi connectivity index (χ4v) is 3.92. The summed E-state index contributed by atoms with van der Waals surface area (Å²) < 4.78 is 20.1. The molecule has 0 saturated carbocycles. The van der Waals surface area contributed by atoms with E-state index in [0.717, 1.165) is 5.56 Å². The zero-order chi connectivity index (χ0) is 19.4. The smallest absolute Gasteiger partial charge is 0.266 e. The summed E-state index contributed by atoms with van der Waals surface area (Å²) in [7, 11) is 3.10. The van der Waals surface area contributed by atoms with Gasteiger partial charge in [0.15, 0.2) is 0 Å². The van der Waals surface area contributed by atoms with Crippen LogP contribution in [0.15, 0.2) is 42.5 Å². The van der Waals surface area contributed by atoms with Gasteiger partial charge in [-0.15, -0.1) is 11.3 Å². The van der Waals surface area contributed by atoms with Gasteiger partial charge in [0.05, 0.1) is 17.9 Å². The van der Waals surface area contributed by atoms with Gasteiger partial charge < -0.3 is 15.4 Å². The molecule has 0 saturated heterocycles. The molecule has 3 aromatic rings. The molecule has 0 spiro atoms. The van der Waals surface area contributed by atoms with Crippen LogP contribution < -0.4 is 10.6 Å². The first-order chi connectivity index (χ1) is 13.0. The Morgan fingerprint density at radius 1 is 1.15 bits per heavy atom. The van der Waals surface area contributed by atoms with Crippen LogP contribution in [0, 0.1) is 5.82 Å². The van der Waals surface area contributed by atoms with Gasteiger partial charge in [0.1, 0.15) is 5.82 Å². The first kappa shape index (κ1) is 19.0. The van der Waals surface area contributed by atoms with E-state index in [1.54, 1.807) is 43.4 Å². The van der Waals surface area contributed by atoms with Crippen molar-refractivity contribution in [3.8, 4) is 0 Å². The Morgan fingerprint density at radius 3 is 2.56 bits per heavy atom. The fraction of sp³-hybridized carbons (Fsp3) is 0.200. The first-order valence-electron chi connectivity index (χ1n) is 8.33. The number of rotatable bonds is 6. The number of thiophene rings is 1. The molecule has 2 amide bonds. The Bertz CT molecular complexity index is 983. The number of likely N-dealkylation sites (N-methyl/N-ethyl adjacent to an activating group) is 1. The van der Waals surface area contributed by atoms with Gasteiger partial charge in [0.2, 0.25) is 5.91 Å². The monoisotopic (exact) mass is 386 g/mol. The van der Waals surface area contributed by atoms with Crippen LogP contribution in [0.25, 0.3) is 10.1 Å². The number of ether oxygens (including phenoxy) is 1. The molecule has 1 aromatic heterocycles. The molecular formula is C20H19FN2O3S. The van der Waals surface area contributed by atoms with Gasteiger partial charge in [0.25, 0.3) is 5.91 Å². The average Bonchev–Trinajstić information content (AvgIpc) is 3.03. The fourth-order valence-electron chi connectivity index (χ4n) is 2.80. The van der Waals surface area contributed by atoms with E-state index < -0.39 is 0 Å². The van der Waals surface area contributed by atoms with E-state index >= 15 is 0 Å². The third kappa shape index (κ3) is 4.15. The molecule has 27 heavy (non-hydrogen) atoms. The number of benzene rings is 2. The van der Waals surface area contributed by atoms with E-state index in [2.05, 4.69) is 10.6 Å². The van der Waals surface area contributed by atoms with Gasteiger partial charge in [0, 0.05) is 35.5 Å². The van der Waals surface area contributed by atoms with Crippen LogP contribution in [0.1, 0.15) is 20.8 Å². The van der Waals surface area contributed by atoms with Crippen LogP contribution >= 0.6 is 11.3 Å². The van der Waals surface area contributed by atoms with E-state index in [9.17, 15) is 14.0 Å². The van der Waals surface area contributed by atoms with Crippen molar-refractivity contribution in [2.45, 2.75) is 13.0 Å². The summed E-state index contributed by atoms with van der Waals surface area (Å²) in [5.74, 6) is -0.765. The number of nitrogens with one attached hydrogen (secondary N) is 2. The predicted molar refractivity (Wildman–Crippen MR) is 105 cm³/mol. The van der Waals surface area contributed by atoms with Crippen LogP contribution in [0.2, 0.25) is 0 Å². The van der Waals surface area contributed by atoms with Crippen molar-refractivity contribution in [1.82, 2.24) is 5.32 Å². The average molecular weight is 386 g/mol. The number of hydrogen-bond donors (Lipinski definition) is 2. The number of carbonyl (C=O) groups excluding carboxylic acids is 2. The van der Waals surface area contributed by atoms with Gasteiger partial charge in [-0.25, -0.2) is 4.39 Å². The van der Waals surface area contributed by atoms with E-state index in [1.165, 1.54) is 24.5 Å². The van der Waals surface area contributed by atoms with Crippen LogP contribution in [-0.4, -0.2) is 26.0 Å². The first-order valence-corrected chi connectivity index (χ1v) is 9.14. The molecule has 0 bridgehead atoms. The summed E-state index contributed by atoms with van der Waals surface area (Å²) in [4.78, 5) is 24.6. The van der Waals surface area contributed by atoms with E-state index in [4.69, 9.17) is 4.74 Å². The summed E-state index contributed by atoms with van der Waals surface area (Å²) in [6, 6.07) is 11.8. The highest BCUT2D eigenvalue weighted by Gasteiger charge is 2.20. The summed E-state index contributed by atoms with van der Waals surface area (Å²) in [6.07, 6.45) is 0.276. The highest BCUT2D eigenvalue weighted by molar-refractivity contribution is 7.21. The normalized spacial score (nSPS) is 10.8. The zero-order valence-electron chi connectivity index (χ0n) is 15.0. The molecule has 0 aliphatic carbocycles. The Labute approximate surface area is 160 Å². The molecule has 7 heteroatoms. The summed E-state index contributed by atoms with van der Waals surface area (Å²) >= 11 is 1.23. The van der Waals surface area contributed by atoms with Crippen molar-refractivity contribution in [3.63, 3.8) is 0 Å². The second kappa shape index (κ2) is 8.28. The minimum absolute atomic E-state index is 0.0803. The topological polar surface area (TPSA) is 67.4 Å². The quantitative estimate of drug-likeness (QED) is 0.678. The van der Waals surface area contributed by atoms with Crippen molar-refractivity contribution in [3.05, 3.63) is 64.3 Å². The molecule has 3 rings (SSSR count). The van der Waals surface area contributed by atoms with Crippen LogP contribution in [0.3, 0.4) is 0 Å². The molecule has 0 radical (unpaired) electrons. The second-order valence-corrected chi connectivity index (χ2v) is 7.01. The second-order valence-electron chi connectivity index (χ2n) is 5.96. The standard InChI is InChI=1S/C20H19FN2O3S/c1-22-17(24)10-12-6-8-13(9-7-12)23-20(25)19-14(11-26-2)18-15(21)4-3-5-16(18)27-19/h3-9H,10-11H2,1-2H3,(H,22,24)(H,23,25). The molecule has 0 aliphatic heterocycles. The van der Waals surface area contributed by atoms with Crippen molar-refractivity contribution in [1.29, 1.82) is 0 Å². The van der Waals surface area contributed by atoms with E-state index in [-0.39, 0.29) is 30.7 Å². The number of fused-ring (bicyclic) bond motifs is 1. The predicted octanol–water partition coefficient (Wildman–Crippen LogP) is 3.73. The Hall–Kier alpha value is -2.77. The maximum absolute atomic E-state index is 14.2. The minimum Gasteiger partial charge on any atom is -0.380 e. The van der Waals surface area contributed by atoms with Crippen molar-refractivity contribution < 1.29 is 18.7 Å². The Morgan fingerprint density at radius 2 is 1.89 bits per heavy atom. The number of carbonyl (C=O) groups is 2. The third-order valence-electron chi connectivity index (χ3n) is 4.11. The third-order valence-corrected chi connectivity index (χ3v) is 5.31. The molecule has 140 valence electrons. The van der Waals surface area contributed by atoms with Gasteiger partial charge in [-0.05, 0) is 29.8 Å². The van der Waals surface area contributed by atoms with Crippen LogP contribution in [0.5, 0.6) is 0 Å². The largest absolute Gasteiger partial charge is 0.380 e. The zero-order valence-corrected chi connectivity index (χ0v) is 15.8. The highest BCUT2D eigenvalue weighted by atomic mass is 32.1. The van der Waals surface area contributed by atoms with Gasteiger partial charge in [-0.3, -0.25) is 9.59 Å². The number of hydrogen-bond acceptors (Lipinski definition) is 4. The summed E-state index contributed by atoms with van der Waals surface area (Å²) in [6.45, 7) is 0.148. The van der Waals surface area contributed by atoms with Crippen molar-refractivity contribution in [2.24, 2.45) is 0 Å². The number of anilines is 1.